The van der Waals surface area contributed by atoms with Gasteiger partial charge in [-0.1, -0.05) is 18.2 Å². The van der Waals surface area contributed by atoms with Gasteiger partial charge in [0.1, 0.15) is 6.42 Å². The minimum absolute atomic E-state index is 0.159. The third-order valence-corrected chi connectivity index (χ3v) is 5.59. The van der Waals surface area contributed by atoms with Gasteiger partial charge in [0.2, 0.25) is 5.91 Å². The Morgan fingerprint density at radius 2 is 2.13 bits per heavy atom. The van der Waals surface area contributed by atoms with Gasteiger partial charge in [0.15, 0.2) is 0 Å². The molecule has 8 nitrogen and oxygen atoms in total. The minimum atomic E-state index is -0.515. The molecule has 1 fully saturated rings. The predicted molar refractivity (Wildman–Crippen MR) is 117 cm³/mol. The fourth-order valence-electron chi connectivity index (χ4n) is 3.69. The Morgan fingerprint density at radius 3 is 2.84 bits per heavy atom. The number of nitrogens with two attached hydrogens (primary N) is 1. The number of hydrogen-bond acceptors (Lipinski definition) is 5. The van der Waals surface area contributed by atoms with Crippen LogP contribution in [0.2, 0.25) is 0 Å². The van der Waals surface area contributed by atoms with Crippen molar-refractivity contribution in [3.8, 4) is 17.2 Å². The van der Waals surface area contributed by atoms with E-state index in [9.17, 15) is 9.59 Å². The minimum Gasteiger partial charge on any atom is -0.380 e. The quantitative estimate of drug-likeness (QED) is 0.521. The second-order valence-electron chi connectivity index (χ2n) is 7.94. The van der Waals surface area contributed by atoms with Crippen LogP contribution in [0.25, 0.3) is 16.6 Å². The molecule has 0 radical (unpaired) electrons. The Balaban J connectivity index is 1.66. The summed E-state index contributed by atoms with van der Waals surface area (Å²) in [5.41, 5.74) is 10.3. The van der Waals surface area contributed by atoms with E-state index >= 15 is 0 Å². The topological polar surface area (TPSA) is 125 Å². The lowest BCUT2D eigenvalue weighted by molar-refractivity contribution is -0.120. The number of benzene rings is 1. The normalized spacial score (nSPS) is 14.1. The van der Waals surface area contributed by atoms with Gasteiger partial charge in [0.05, 0.1) is 29.0 Å². The summed E-state index contributed by atoms with van der Waals surface area (Å²) >= 11 is 0. The maximum atomic E-state index is 12.0. The van der Waals surface area contributed by atoms with Crippen molar-refractivity contribution in [2.24, 2.45) is 11.7 Å². The van der Waals surface area contributed by atoms with Gasteiger partial charge >= 0.3 is 0 Å². The SMILES string of the molecule is CC(Nc1c(C(N)=O)cnn2cc(-c3cccc(CNC(=O)CC#N)c3)cc12)C1CC1. The smallest absolute Gasteiger partial charge is 0.252 e. The van der Waals surface area contributed by atoms with Crippen LogP contribution >= 0.6 is 0 Å². The fraction of sp³-hybridized carbons (Fsp3) is 0.304. The van der Waals surface area contributed by atoms with Crippen LogP contribution in [0.4, 0.5) is 5.69 Å². The van der Waals surface area contributed by atoms with Crippen LogP contribution in [-0.2, 0) is 11.3 Å². The standard InChI is InChI=1S/C23H24N6O2/c1-14(16-5-6-16)28-22-19(23(25)31)12-27-29-13-18(10-20(22)29)17-4-2-3-15(9-17)11-26-21(30)7-8-24/h2-4,9-10,12-14,16,28H,5-7,11H2,1H3,(H2,25,31)(H,26,30). The van der Waals surface area contributed by atoms with Crippen molar-refractivity contribution in [1.29, 1.82) is 5.26 Å². The summed E-state index contributed by atoms with van der Waals surface area (Å²) in [6.45, 7) is 2.46. The summed E-state index contributed by atoms with van der Waals surface area (Å²) < 4.78 is 1.74. The highest BCUT2D eigenvalue weighted by Crippen LogP contribution is 2.36. The van der Waals surface area contributed by atoms with E-state index in [2.05, 4.69) is 22.7 Å². The molecule has 2 amide bonds. The van der Waals surface area contributed by atoms with Crippen LogP contribution < -0.4 is 16.4 Å². The van der Waals surface area contributed by atoms with Gasteiger partial charge in [-0.05, 0) is 48.9 Å². The molecule has 8 heteroatoms. The van der Waals surface area contributed by atoms with Crippen molar-refractivity contribution in [2.45, 2.75) is 38.8 Å². The average molecular weight is 416 g/mol. The number of amides is 2. The zero-order valence-electron chi connectivity index (χ0n) is 17.3. The first-order chi connectivity index (χ1) is 15.0. The molecule has 4 rings (SSSR count). The molecule has 2 aromatic heterocycles. The zero-order chi connectivity index (χ0) is 22.0. The summed E-state index contributed by atoms with van der Waals surface area (Å²) in [4.78, 5) is 23.6. The highest BCUT2D eigenvalue weighted by molar-refractivity contribution is 6.02. The van der Waals surface area contributed by atoms with E-state index in [4.69, 9.17) is 11.0 Å². The molecular weight excluding hydrogens is 392 g/mol. The number of aromatic nitrogens is 2. The second-order valence-corrected chi connectivity index (χ2v) is 7.94. The molecule has 0 bridgehead atoms. The van der Waals surface area contributed by atoms with E-state index in [1.54, 1.807) is 4.52 Å². The Morgan fingerprint density at radius 1 is 1.32 bits per heavy atom. The average Bonchev–Trinajstić information content (AvgIpc) is 3.51. The first kappa shape index (κ1) is 20.4. The summed E-state index contributed by atoms with van der Waals surface area (Å²) in [5, 5.41) is 19.2. The van der Waals surface area contributed by atoms with Gasteiger partial charge in [-0.2, -0.15) is 10.4 Å². The highest BCUT2D eigenvalue weighted by Gasteiger charge is 2.29. The first-order valence-corrected chi connectivity index (χ1v) is 10.3. The van der Waals surface area contributed by atoms with Crippen molar-refractivity contribution >= 4 is 23.0 Å². The summed E-state index contributed by atoms with van der Waals surface area (Å²) in [6.07, 6.45) is 5.62. The molecule has 1 saturated carbocycles. The molecule has 3 aromatic rings. The third kappa shape index (κ3) is 4.51. The van der Waals surface area contributed by atoms with Crippen molar-refractivity contribution in [3.05, 3.63) is 53.9 Å². The zero-order valence-corrected chi connectivity index (χ0v) is 17.3. The van der Waals surface area contributed by atoms with Crippen LogP contribution in [-0.4, -0.2) is 27.5 Å². The molecule has 0 saturated heterocycles. The van der Waals surface area contributed by atoms with Gasteiger partial charge in [0, 0.05) is 24.3 Å². The van der Waals surface area contributed by atoms with Crippen molar-refractivity contribution < 1.29 is 9.59 Å². The number of nitrogens with zero attached hydrogens (tertiary/aromatic N) is 3. The van der Waals surface area contributed by atoms with E-state index in [1.807, 2.05) is 42.6 Å². The van der Waals surface area contributed by atoms with E-state index < -0.39 is 5.91 Å². The lowest BCUT2D eigenvalue weighted by Gasteiger charge is -2.17. The lowest BCUT2D eigenvalue weighted by Crippen LogP contribution is -2.22. The maximum absolute atomic E-state index is 12.0. The molecule has 0 aliphatic heterocycles. The number of nitriles is 1. The predicted octanol–water partition coefficient (Wildman–Crippen LogP) is 2.84. The Bertz CT molecular complexity index is 1190. The number of nitrogens with one attached hydrogen (secondary N) is 2. The fourth-order valence-corrected chi connectivity index (χ4v) is 3.69. The molecular formula is C23H24N6O2. The molecule has 1 aliphatic carbocycles. The second kappa shape index (κ2) is 8.48. The summed E-state index contributed by atoms with van der Waals surface area (Å²) in [5.74, 6) is -0.208. The van der Waals surface area contributed by atoms with Crippen LogP contribution in [0.15, 0.2) is 42.7 Å². The van der Waals surface area contributed by atoms with Crippen LogP contribution in [0.3, 0.4) is 0 Å². The third-order valence-electron chi connectivity index (χ3n) is 5.59. The van der Waals surface area contributed by atoms with Gasteiger partial charge in [-0.15, -0.1) is 0 Å². The van der Waals surface area contributed by atoms with Gasteiger partial charge < -0.3 is 16.4 Å². The molecule has 4 N–H and O–H groups in total. The van der Waals surface area contributed by atoms with E-state index in [1.165, 1.54) is 19.0 Å². The monoisotopic (exact) mass is 416 g/mol. The molecule has 31 heavy (non-hydrogen) atoms. The Kier molecular flexibility index (Phi) is 5.58. The number of anilines is 1. The molecule has 2 heterocycles. The Hall–Kier alpha value is -3.86. The van der Waals surface area contributed by atoms with Gasteiger partial charge in [-0.3, -0.25) is 9.59 Å². The number of carbonyl (C=O) groups excluding carboxylic acids is 2. The highest BCUT2D eigenvalue weighted by atomic mass is 16.1. The van der Waals surface area contributed by atoms with E-state index in [0.29, 0.717) is 23.7 Å². The van der Waals surface area contributed by atoms with Crippen molar-refractivity contribution in [2.75, 3.05) is 5.32 Å². The molecule has 1 unspecified atom stereocenters. The van der Waals surface area contributed by atoms with Gasteiger partial charge in [0.25, 0.3) is 5.91 Å². The van der Waals surface area contributed by atoms with Crippen LogP contribution in [0.1, 0.15) is 42.1 Å². The first-order valence-electron chi connectivity index (χ1n) is 10.3. The Labute approximate surface area is 180 Å². The van der Waals surface area contributed by atoms with E-state index in [0.717, 1.165) is 22.2 Å². The molecule has 158 valence electrons. The lowest BCUT2D eigenvalue weighted by atomic mass is 10.1. The summed E-state index contributed by atoms with van der Waals surface area (Å²) in [7, 11) is 0. The molecule has 1 aromatic carbocycles. The number of hydrogen-bond donors (Lipinski definition) is 3. The summed E-state index contributed by atoms with van der Waals surface area (Å²) in [6, 6.07) is 11.8. The molecule has 0 spiro atoms. The van der Waals surface area contributed by atoms with Crippen LogP contribution in [0.5, 0.6) is 0 Å². The number of carbonyl (C=O) groups is 2. The van der Waals surface area contributed by atoms with Gasteiger partial charge in [-0.25, -0.2) is 4.52 Å². The number of primary amides is 1. The molecule has 1 atom stereocenters. The van der Waals surface area contributed by atoms with Crippen LogP contribution in [0, 0.1) is 17.2 Å². The number of fused-ring (bicyclic) bond motifs is 1. The maximum Gasteiger partial charge on any atom is 0.252 e. The van der Waals surface area contributed by atoms with Crippen molar-refractivity contribution in [3.63, 3.8) is 0 Å². The van der Waals surface area contributed by atoms with E-state index in [-0.39, 0.29) is 18.4 Å². The largest absolute Gasteiger partial charge is 0.380 e. The molecule has 1 aliphatic rings. The number of rotatable bonds is 8. The van der Waals surface area contributed by atoms with Crippen molar-refractivity contribution in [1.82, 2.24) is 14.9 Å².